The monoisotopic (exact) mass is 483 g/mol. The number of nitrogens with zero attached hydrogens (tertiary/aromatic N) is 3. The molecule has 0 aliphatic carbocycles. The standard InChI is InChI=1S/C17H12F7N5O2S/c1-5-2-8(17(22,23)24)26-16-10(5)11(12(32-16)15(25)31)27-9(30)4-29-7(14(20)21)3-6(28-29)13(18)19/h2-3,13-14H,4H2,1H3,(H2,25,31)(H,27,30). The van der Waals surface area contributed by atoms with Gasteiger partial charge in [0.05, 0.1) is 5.69 Å². The zero-order valence-electron chi connectivity index (χ0n) is 15.8. The number of fused-ring (bicyclic) bond motifs is 1. The van der Waals surface area contributed by atoms with E-state index in [0.29, 0.717) is 28.2 Å². The number of halogens is 7. The van der Waals surface area contributed by atoms with Crippen LogP contribution in [0.15, 0.2) is 12.1 Å². The Balaban J connectivity index is 2.01. The molecule has 0 aliphatic rings. The van der Waals surface area contributed by atoms with Crippen molar-refractivity contribution in [1.29, 1.82) is 0 Å². The Morgan fingerprint density at radius 1 is 1.19 bits per heavy atom. The van der Waals surface area contributed by atoms with Gasteiger partial charge in [0.15, 0.2) is 0 Å². The van der Waals surface area contributed by atoms with Gasteiger partial charge in [-0.2, -0.15) is 18.3 Å². The lowest BCUT2D eigenvalue weighted by molar-refractivity contribution is -0.141. The van der Waals surface area contributed by atoms with Crippen molar-refractivity contribution in [2.45, 2.75) is 32.5 Å². The van der Waals surface area contributed by atoms with E-state index >= 15 is 0 Å². The number of thiophene rings is 1. The van der Waals surface area contributed by atoms with Gasteiger partial charge in [-0.05, 0) is 24.6 Å². The van der Waals surface area contributed by atoms with Gasteiger partial charge in [-0.3, -0.25) is 14.3 Å². The van der Waals surface area contributed by atoms with Crippen molar-refractivity contribution in [2.24, 2.45) is 5.73 Å². The van der Waals surface area contributed by atoms with Crippen LogP contribution in [0.5, 0.6) is 0 Å². The van der Waals surface area contributed by atoms with Crippen molar-refractivity contribution in [3.05, 3.63) is 39.7 Å². The SMILES string of the molecule is Cc1cc(C(F)(F)F)nc2sc(C(N)=O)c(NC(=O)Cn3nc(C(F)F)cc3C(F)F)c12. The van der Waals surface area contributed by atoms with Gasteiger partial charge in [-0.1, -0.05) is 0 Å². The van der Waals surface area contributed by atoms with E-state index in [1.54, 1.807) is 0 Å². The summed E-state index contributed by atoms with van der Waals surface area (Å²) in [5.41, 5.74) is 1.87. The number of aryl methyl sites for hydroxylation is 1. The second-order valence-electron chi connectivity index (χ2n) is 6.47. The maximum atomic E-state index is 13.1. The molecule has 0 unspecified atom stereocenters. The lowest BCUT2D eigenvalue weighted by atomic mass is 10.1. The molecule has 3 aromatic rings. The fraction of sp³-hybridized carbons (Fsp3) is 0.294. The molecule has 0 aliphatic heterocycles. The Kier molecular flexibility index (Phi) is 6.13. The molecular formula is C17H12F7N5O2S. The number of rotatable bonds is 6. The Bertz CT molecular complexity index is 1200. The molecule has 0 atom stereocenters. The van der Waals surface area contributed by atoms with Gasteiger partial charge in [-0.15, -0.1) is 11.3 Å². The van der Waals surface area contributed by atoms with Gasteiger partial charge < -0.3 is 11.1 Å². The first-order valence-corrected chi connectivity index (χ1v) is 9.36. The van der Waals surface area contributed by atoms with E-state index in [1.165, 1.54) is 6.92 Å². The summed E-state index contributed by atoms with van der Waals surface area (Å²) in [6.07, 6.45) is -11.1. The minimum Gasteiger partial charge on any atom is -0.365 e. The molecule has 3 aromatic heterocycles. The van der Waals surface area contributed by atoms with Crippen molar-refractivity contribution in [3.8, 4) is 0 Å². The van der Waals surface area contributed by atoms with Crippen LogP contribution in [0.1, 0.15) is 45.2 Å². The third-order valence-electron chi connectivity index (χ3n) is 4.21. The lowest BCUT2D eigenvalue weighted by Crippen LogP contribution is -2.23. The second kappa shape index (κ2) is 8.37. The van der Waals surface area contributed by atoms with Crippen molar-refractivity contribution in [1.82, 2.24) is 14.8 Å². The van der Waals surface area contributed by atoms with E-state index in [9.17, 15) is 40.3 Å². The van der Waals surface area contributed by atoms with Crippen LogP contribution in [-0.4, -0.2) is 26.6 Å². The van der Waals surface area contributed by atoms with E-state index in [1.807, 2.05) is 0 Å². The van der Waals surface area contributed by atoms with Crippen LogP contribution in [0.25, 0.3) is 10.2 Å². The number of carbonyl (C=O) groups is 2. The zero-order chi connectivity index (χ0) is 24.0. The number of pyridine rings is 1. The van der Waals surface area contributed by atoms with Crippen LogP contribution < -0.4 is 11.1 Å². The molecule has 3 rings (SSSR count). The summed E-state index contributed by atoms with van der Waals surface area (Å²) in [4.78, 5) is 27.1. The molecule has 7 nitrogen and oxygen atoms in total. The molecular weight excluding hydrogens is 471 g/mol. The normalized spacial score (nSPS) is 12.2. The van der Waals surface area contributed by atoms with Crippen LogP contribution in [-0.2, 0) is 17.5 Å². The first-order valence-electron chi connectivity index (χ1n) is 8.54. The number of alkyl halides is 7. The van der Waals surface area contributed by atoms with Gasteiger partial charge in [0.1, 0.15) is 33.3 Å². The summed E-state index contributed by atoms with van der Waals surface area (Å²) in [6.45, 7) is 0.346. The Morgan fingerprint density at radius 2 is 1.84 bits per heavy atom. The summed E-state index contributed by atoms with van der Waals surface area (Å²) in [5.74, 6) is -2.14. The molecule has 0 saturated carbocycles. The van der Waals surface area contributed by atoms with Crippen molar-refractivity contribution < 1.29 is 40.3 Å². The Morgan fingerprint density at radius 3 is 2.38 bits per heavy atom. The number of primary amides is 1. The minimum atomic E-state index is -4.77. The summed E-state index contributed by atoms with van der Waals surface area (Å²) < 4.78 is 91.2. The van der Waals surface area contributed by atoms with Crippen LogP contribution >= 0.6 is 11.3 Å². The number of nitrogens with two attached hydrogens (primary N) is 1. The van der Waals surface area contributed by atoms with Crippen LogP contribution in [0.4, 0.5) is 36.4 Å². The molecule has 3 heterocycles. The van der Waals surface area contributed by atoms with Gasteiger partial charge in [0, 0.05) is 5.39 Å². The highest BCUT2D eigenvalue weighted by atomic mass is 32.1. The third kappa shape index (κ3) is 4.51. The van der Waals surface area contributed by atoms with Gasteiger partial charge >= 0.3 is 6.18 Å². The summed E-state index contributed by atoms with van der Waals surface area (Å²) >= 11 is 0.499. The van der Waals surface area contributed by atoms with Crippen molar-refractivity contribution in [3.63, 3.8) is 0 Å². The molecule has 0 spiro atoms. The predicted molar refractivity (Wildman–Crippen MR) is 98.6 cm³/mol. The molecule has 0 bridgehead atoms. The van der Waals surface area contributed by atoms with Crippen molar-refractivity contribution in [2.75, 3.05) is 5.32 Å². The molecule has 0 aromatic carbocycles. The fourth-order valence-corrected chi connectivity index (χ4v) is 3.95. The number of nitrogens with one attached hydrogen (secondary N) is 1. The first-order chi connectivity index (χ1) is 14.8. The van der Waals surface area contributed by atoms with E-state index in [0.717, 1.165) is 0 Å². The predicted octanol–water partition coefficient (Wildman–Crippen LogP) is 4.43. The summed E-state index contributed by atoms with van der Waals surface area (Å²) in [7, 11) is 0. The van der Waals surface area contributed by atoms with E-state index in [2.05, 4.69) is 15.4 Å². The molecule has 3 N–H and O–H groups in total. The van der Waals surface area contributed by atoms with Gasteiger partial charge in [0.2, 0.25) is 5.91 Å². The first kappa shape index (κ1) is 23.4. The van der Waals surface area contributed by atoms with E-state index in [-0.39, 0.29) is 26.3 Å². The number of carbonyl (C=O) groups excluding carboxylic acids is 2. The summed E-state index contributed by atoms with van der Waals surface area (Å²) in [6, 6.07) is 1.15. The topological polar surface area (TPSA) is 103 Å². The Labute approximate surface area is 178 Å². The summed E-state index contributed by atoms with van der Waals surface area (Å²) in [5, 5.41) is 5.49. The van der Waals surface area contributed by atoms with Crippen molar-refractivity contribution >= 4 is 39.1 Å². The molecule has 0 fully saturated rings. The molecule has 32 heavy (non-hydrogen) atoms. The molecule has 2 amide bonds. The van der Waals surface area contributed by atoms with Gasteiger partial charge in [-0.25, -0.2) is 22.5 Å². The maximum Gasteiger partial charge on any atom is 0.433 e. The zero-order valence-corrected chi connectivity index (χ0v) is 16.6. The van der Waals surface area contributed by atoms with Crippen LogP contribution in [0.3, 0.4) is 0 Å². The van der Waals surface area contributed by atoms with E-state index in [4.69, 9.17) is 5.73 Å². The van der Waals surface area contributed by atoms with Crippen LogP contribution in [0.2, 0.25) is 0 Å². The highest BCUT2D eigenvalue weighted by Crippen LogP contribution is 2.39. The van der Waals surface area contributed by atoms with Gasteiger partial charge in [0.25, 0.3) is 18.8 Å². The average Bonchev–Trinajstić information content (AvgIpc) is 3.23. The van der Waals surface area contributed by atoms with Crippen LogP contribution in [0, 0.1) is 6.92 Å². The molecule has 172 valence electrons. The van der Waals surface area contributed by atoms with E-state index < -0.39 is 54.5 Å². The number of hydrogen-bond acceptors (Lipinski definition) is 5. The molecule has 0 saturated heterocycles. The number of hydrogen-bond donors (Lipinski definition) is 2. The largest absolute Gasteiger partial charge is 0.433 e. The average molecular weight is 483 g/mol. The maximum absolute atomic E-state index is 13.1. The highest BCUT2D eigenvalue weighted by molar-refractivity contribution is 7.21. The fourth-order valence-electron chi connectivity index (χ4n) is 2.90. The quantitative estimate of drug-likeness (QED) is 0.507. The highest BCUT2D eigenvalue weighted by Gasteiger charge is 2.34. The molecule has 0 radical (unpaired) electrons. The number of amides is 2. The third-order valence-corrected chi connectivity index (χ3v) is 5.31. The second-order valence-corrected chi connectivity index (χ2v) is 7.47. The smallest absolute Gasteiger partial charge is 0.365 e. The molecule has 15 heteroatoms. The minimum absolute atomic E-state index is 0.00651. The number of anilines is 1. The lowest BCUT2D eigenvalue weighted by Gasteiger charge is -2.11. The number of aromatic nitrogens is 3. The Hall–Kier alpha value is -3.23.